The van der Waals surface area contributed by atoms with Crippen LogP contribution >= 0.6 is 0 Å². The number of hydrogen-bond acceptors (Lipinski definition) is 1. The van der Waals surface area contributed by atoms with E-state index in [-0.39, 0.29) is 6.03 Å². The molecule has 100 valence electrons. The van der Waals surface area contributed by atoms with E-state index >= 15 is 0 Å². The number of likely N-dealkylation sites (tertiary alicyclic amines) is 1. The molecule has 3 nitrogen and oxygen atoms in total. The molecular weight excluding hydrogens is 212 g/mol. The molecule has 1 rings (SSSR count). The lowest BCUT2D eigenvalue weighted by molar-refractivity contribution is 0.182. The lowest BCUT2D eigenvalue weighted by Gasteiger charge is -2.28. The number of nitrogens with zero attached hydrogens (tertiary/aromatic N) is 1. The fraction of sp³-hybridized carbons (Fsp3) is 0.929. The first-order chi connectivity index (χ1) is 8.09. The van der Waals surface area contributed by atoms with Gasteiger partial charge in [0.05, 0.1) is 0 Å². The van der Waals surface area contributed by atoms with Crippen molar-refractivity contribution < 1.29 is 4.79 Å². The molecule has 0 radical (unpaired) electrons. The summed E-state index contributed by atoms with van der Waals surface area (Å²) in [5.74, 6) is 0.764. The average Bonchev–Trinajstić information content (AvgIpc) is 2.29. The number of urea groups is 1. The first-order valence-corrected chi connectivity index (χ1v) is 7.15. The first-order valence-electron chi connectivity index (χ1n) is 7.15. The van der Waals surface area contributed by atoms with E-state index in [1.807, 2.05) is 4.90 Å². The highest BCUT2D eigenvalue weighted by atomic mass is 16.2. The van der Waals surface area contributed by atoms with Gasteiger partial charge in [-0.05, 0) is 38.5 Å². The fourth-order valence-electron chi connectivity index (χ4n) is 2.30. The van der Waals surface area contributed by atoms with Gasteiger partial charge in [-0.15, -0.1) is 0 Å². The van der Waals surface area contributed by atoms with Gasteiger partial charge in [0.15, 0.2) is 0 Å². The van der Waals surface area contributed by atoms with Crippen molar-refractivity contribution in [2.24, 2.45) is 5.92 Å². The zero-order chi connectivity index (χ0) is 12.7. The molecule has 0 aliphatic carbocycles. The van der Waals surface area contributed by atoms with Gasteiger partial charge < -0.3 is 10.2 Å². The Balaban J connectivity index is 2.15. The van der Waals surface area contributed by atoms with Gasteiger partial charge in [0.1, 0.15) is 0 Å². The lowest BCUT2D eigenvalue weighted by Crippen LogP contribution is -2.45. The van der Waals surface area contributed by atoms with Crippen molar-refractivity contribution in [1.29, 1.82) is 0 Å². The maximum Gasteiger partial charge on any atom is 0.317 e. The number of nitrogens with one attached hydrogen (secondary N) is 1. The van der Waals surface area contributed by atoms with Crippen molar-refractivity contribution >= 4 is 6.03 Å². The third-order valence-electron chi connectivity index (χ3n) is 3.43. The van der Waals surface area contributed by atoms with Gasteiger partial charge in [-0.3, -0.25) is 0 Å². The standard InChI is InChI=1S/C14H28N2O/c1-12(2)8-7-9-13(3)15-14(17)16-10-5-4-6-11-16/h12-13H,4-11H2,1-3H3,(H,15,17). The molecule has 3 heteroatoms. The van der Waals surface area contributed by atoms with Crippen LogP contribution in [-0.2, 0) is 0 Å². The maximum atomic E-state index is 11.9. The monoisotopic (exact) mass is 240 g/mol. The second-order valence-corrected chi connectivity index (χ2v) is 5.72. The van der Waals surface area contributed by atoms with Crippen LogP contribution in [0.5, 0.6) is 0 Å². The molecule has 1 N–H and O–H groups in total. The minimum Gasteiger partial charge on any atom is -0.336 e. The Hall–Kier alpha value is -0.730. The number of hydrogen-bond donors (Lipinski definition) is 1. The van der Waals surface area contributed by atoms with E-state index in [4.69, 9.17) is 0 Å². The van der Waals surface area contributed by atoms with E-state index in [0.29, 0.717) is 6.04 Å². The number of carbonyl (C=O) groups is 1. The number of amides is 2. The van der Waals surface area contributed by atoms with Crippen molar-refractivity contribution in [2.75, 3.05) is 13.1 Å². The maximum absolute atomic E-state index is 11.9. The molecule has 0 aromatic rings. The Morgan fingerprint density at radius 3 is 2.35 bits per heavy atom. The quantitative estimate of drug-likeness (QED) is 0.785. The topological polar surface area (TPSA) is 32.3 Å². The highest BCUT2D eigenvalue weighted by Crippen LogP contribution is 2.11. The van der Waals surface area contributed by atoms with E-state index in [2.05, 4.69) is 26.1 Å². The molecule has 1 saturated heterocycles. The molecule has 17 heavy (non-hydrogen) atoms. The van der Waals surface area contributed by atoms with Gasteiger partial charge in [-0.2, -0.15) is 0 Å². The van der Waals surface area contributed by atoms with Crippen LogP contribution in [0.25, 0.3) is 0 Å². The molecule has 1 fully saturated rings. The van der Waals surface area contributed by atoms with Gasteiger partial charge in [0.25, 0.3) is 0 Å². The minimum absolute atomic E-state index is 0.141. The third-order valence-corrected chi connectivity index (χ3v) is 3.43. The number of carbonyl (C=O) groups excluding carboxylic acids is 1. The molecule has 0 saturated carbocycles. The summed E-state index contributed by atoms with van der Waals surface area (Å²) in [6.07, 6.45) is 7.15. The van der Waals surface area contributed by atoms with Gasteiger partial charge in [-0.25, -0.2) is 4.79 Å². The molecular formula is C14H28N2O. The Morgan fingerprint density at radius 1 is 1.12 bits per heavy atom. The first kappa shape index (κ1) is 14.3. The smallest absolute Gasteiger partial charge is 0.317 e. The summed E-state index contributed by atoms with van der Waals surface area (Å²) >= 11 is 0. The van der Waals surface area contributed by atoms with Crippen LogP contribution in [0.4, 0.5) is 4.79 Å². The summed E-state index contributed by atoms with van der Waals surface area (Å²) in [4.78, 5) is 13.9. The largest absolute Gasteiger partial charge is 0.336 e. The molecule has 0 spiro atoms. The van der Waals surface area contributed by atoms with Gasteiger partial charge in [-0.1, -0.05) is 26.7 Å². The lowest BCUT2D eigenvalue weighted by atomic mass is 10.0. The van der Waals surface area contributed by atoms with Crippen LogP contribution in [0.3, 0.4) is 0 Å². The molecule has 1 aliphatic heterocycles. The number of piperidine rings is 1. The molecule has 0 aromatic heterocycles. The summed E-state index contributed by atoms with van der Waals surface area (Å²) in [7, 11) is 0. The Bertz CT molecular complexity index is 222. The van der Waals surface area contributed by atoms with Gasteiger partial charge in [0, 0.05) is 19.1 Å². The summed E-state index contributed by atoms with van der Waals surface area (Å²) in [6.45, 7) is 8.48. The van der Waals surface area contributed by atoms with Crippen LogP contribution in [0, 0.1) is 5.92 Å². The van der Waals surface area contributed by atoms with Gasteiger partial charge in [0.2, 0.25) is 0 Å². The summed E-state index contributed by atoms with van der Waals surface area (Å²) in [5.41, 5.74) is 0. The molecule has 1 atom stereocenters. The molecule has 1 aliphatic rings. The summed E-state index contributed by atoms with van der Waals surface area (Å²) < 4.78 is 0. The zero-order valence-corrected chi connectivity index (χ0v) is 11.7. The van der Waals surface area contributed by atoms with Crippen LogP contribution in [0.1, 0.15) is 59.3 Å². The van der Waals surface area contributed by atoms with E-state index in [0.717, 1.165) is 38.3 Å². The van der Waals surface area contributed by atoms with Crippen molar-refractivity contribution in [3.63, 3.8) is 0 Å². The second kappa shape index (κ2) is 7.57. The predicted octanol–water partition coefficient (Wildman–Crippen LogP) is 3.40. The normalized spacial score (nSPS) is 18.2. The van der Waals surface area contributed by atoms with E-state index in [9.17, 15) is 4.79 Å². The Morgan fingerprint density at radius 2 is 1.76 bits per heavy atom. The number of rotatable bonds is 5. The molecule has 1 unspecified atom stereocenters. The van der Waals surface area contributed by atoms with Crippen LogP contribution in [-0.4, -0.2) is 30.1 Å². The van der Waals surface area contributed by atoms with Crippen molar-refractivity contribution in [1.82, 2.24) is 10.2 Å². The van der Waals surface area contributed by atoms with Crippen LogP contribution in [0.15, 0.2) is 0 Å². The predicted molar refractivity (Wildman–Crippen MR) is 72.1 cm³/mol. The average molecular weight is 240 g/mol. The molecule has 0 bridgehead atoms. The van der Waals surface area contributed by atoms with Gasteiger partial charge >= 0.3 is 6.03 Å². The Kier molecular flexibility index (Phi) is 6.38. The van der Waals surface area contributed by atoms with Crippen molar-refractivity contribution in [2.45, 2.75) is 65.3 Å². The van der Waals surface area contributed by atoms with Crippen LogP contribution < -0.4 is 5.32 Å². The molecule has 1 heterocycles. The summed E-state index contributed by atoms with van der Waals surface area (Å²) in [5, 5.41) is 3.11. The highest BCUT2D eigenvalue weighted by molar-refractivity contribution is 5.74. The fourth-order valence-corrected chi connectivity index (χ4v) is 2.30. The zero-order valence-electron chi connectivity index (χ0n) is 11.7. The molecule has 2 amide bonds. The molecule has 0 aromatic carbocycles. The summed E-state index contributed by atoms with van der Waals surface area (Å²) in [6, 6.07) is 0.449. The van der Waals surface area contributed by atoms with Crippen LogP contribution in [0.2, 0.25) is 0 Å². The van der Waals surface area contributed by atoms with Crippen molar-refractivity contribution in [3.05, 3.63) is 0 Å². The second-order valence-electron chi connectivity index (χ2n) is 5.72. The van der Waals surface area contributed by atoms with E-state index < -0.39 is 0 Å². The third kappa shape index (κ3) is 5.94. The van der Waals surface area contributed by atoms with E-state index in [1.165, 1.54) is 19.3 Å². The van der Waals surface area contributed by atoms with Crippen molar-refractivity contribution in [3.8, 4) is 0 Å². The highest BCUT2D eigenvalue weighted by Gasteiger charge is 2.17. The Labute approximate surface area is 106 Å². The van der Waals surface area contributed by atoms with E-state index in [1.54, 1.807) is 0 Å². The SMILES string of the molecule is CC(C)CCCC(C)NC(=O)N1CCCCC1. The minimum atomic E-state index is 0.141.